The van der Waals surface area contributed by atoms with Crippen LogP contribution in [0.1, 0.15) is 22.3 Å². The van der Waals surface area contributed by atoms with Crippen molar-refractivity contribution in [3.05, 3.63) is 58.7 Å². The molecule has 0 unspecified atom stereocenters. The number of benzene rings is 2. The van der Waals surface area contributed by atoms with E-state index in [9.17, 15) is 0 Å². The highest BCUT2D eigenvalue weighted by molar-refractivity contribution is 5.69. The van der Waals surface area contributed by atoms with Gasteiger partial charge in [0.05, 0.1) is 13.2 Å². The number of rotatable bonds is 3. The molecule has 0 spiro atoms. The van der Waals surface area contributed by atoms with Gasteiger partial charge in [-0.25, -0.2) is 0 Å². The van der Waals surface area contributed by atoms with Crippen LogP contribution in [0, 0.1) is 6.92 Å². The van der Waals surface area contributed by atoms with E-state index in [0.717, 1.165) is 19.8 Å². The maximum Gasteiger partial charge on any atom is 0.0725 e. The Kier molecular flexibility index (Phi) is 3.36. The van der Waals surface area contributed by atoms with Gasteiger partial charge in [-0.2, -0.15) is 0 Å². The summed E-state index contributed by atoms with van der Waals surface area (Å²) in [6.07, 6.45) is 0. The van der Waals surface area contributed by atoms with Gasteiger partial charge in [0.15, 0.2) is 0 Å². The number of ether oxygens (including phenoxy) is 1. The minimum absolute atomic E-state index is 0.750. The molecule has 0 aliphatic carbocycles. The number of hydrogen-bond acceptors (Lipinski definition) is 2. The number of fused-ring (bicyclic) bond motifs is 1. The van der Waals surface area contributed by atoms with Gasteiger partial charge in [-0.15, -0.1) is 0 Å². The largest absolute Gasteiger partial charge is 0.372 e. The van der Waals surface area contributed by atoms with E-state index in [4.69, 9.17) is 4.74 Å². The van der Waals surface area contributed by atoms with Gasteiger partial charge in [0.2, 0.25) is 0 Å². The molecule has 19 heavy (non-hydrogen) atoms. The molecule has 2 heteroatoms. The van der Waals surface area contributed by atoms with Crippen molar-refractivity contribution >= 4 is 0 Å². The van der Waals surface area contributed by atoms with Crippen LogP contribution in [0.15, 0.2) is 36.4 Å². The zero-order valence-electron chi connectivity index (χ0n) is 11.5. The summed E-state index contributed by atoms with van der Waals surface area (Å²) in [6.45, 7) is 4.60. The first-order chi connectivity index (χ1) is 9.28. The summed E-state index contributed by atoms with van der Waals surface area (Å²) < 4.78 is 5.48. The van der Waals surface area contributed by atoms with E-state index in [-0.39, 0.29) is 0 Å². The minimum Gasteiger partial charge on any atom is -0.372 e. The van der Waals surface area contributed by atoms with Crippen molar-refractivity contribution in [3.8, 4) is 11.1 Å². The zero-order chi connectivity index (χ0) is 13.2. The van der Waals surface area contributed by atoms with E-state index >= 15 is 0 Å². The summed E-state index contributed by atoms with van der Waals surface area (Å²) in [4.78, 5) is 0. The van der Waals surface area contributed by atoms with Crippen molar-refractivity contribution in [1.82, 2.24) is 5.32 Å². The highest BCUT2D eigenvalue weighted by atomic mass is 16.5. The highest BCUT2D eigenvalue weighted by Crippen LogP contribution is 2.29. The molecule has 3 rings (SSSR count). The van der Waals surface area contributed by atoms with Gasteiger partial charge in [0, 0.05) is 6.54 Å². The van der Waals surface area contributed by atoms with E-state index in [1.807, 2.05) is 7.05 Å². The van der Waals surface area contributed by atoms with E-state index in [0.29, 0.717) is 0 Å². The third kappa shape index (κ3) is 2.42. The first kappa shape index (κ1) is 12.4. The van der Waals surface area contributed by atoms with E-state index in [1.165, 1.54) is 33.4 Å². The molecule has 2 aromatic rings. The average molecular weight is 253 g/mol. The second-order valence-electron chi connectivity index (χ2n) is 5.16. The van der Waals surface area contributed by atoms with Gasteiger partial charge in [-0.05, 0) is 53.4 Å². The predicted molar refractivity (Wildman–Crippen MR) is 77.9 cm³/mol. The van der Waals surface area contributed by atoms with Gasteiger partial charge in [0.25, 0.3) is 0 Å². The Bertz CT molecular complexity index is 604. The molecule has 1 heterocycles. The second kappa shape index (κ2) is 5.16. The summed E-state index contributed by atoms with van der Waals surface area (Å²) >= 11 is 0. The van der Waals surface area contributed by atoms with Gasteiger partial charge in [-0.3, -0.25) is 0 Å². The van der Waals surface area contributed by atoms with Crippen LogP contribution in [0.2, 0.25) is 0 Å². The molecule has 0 aromatic heterocycles. The van der Waals surface area contributed by atoms with Crippen LogP contribution in [-0.4, -0.2) is 7.05 Å². The van der Waals surface area contributed by atoms with Crippen LogP contribution in [0.5, 0.6) is 0 Å². The number of nitrogens with one attached hydrogen (secondary N) is 1. The zero-order valence-corrected chi connectivity index (χ0v) is 11.5. The third-order valence-corrected chi connectivity index (χ3v) is 3.70. The smallest absolute Gasteiger partial charge is 0.0725 e. The molecular formula is C17H19NO. The molecule has 98 valence electrons. The Labute approximate surface area is 114 Å². The summed E-state index contributed by atoms with van der Waals surface area (Å²) in [5, 5.41) is 3.19. The Morgan fingerprint density at radius 3 is 2.68 bits per heavy atom. The highest BCUT2D eigenvalue weighted by Gasteiger charge is 2.12. The van der Waals surface area contributed by atoms with E-state index < -0.39 is 0 Å². The summed E-state index contributed by atoms with van der Waals surface area (Å²) in [5.74, 6) is 0. The average Bonchev–Trinajstić information content (AvgIpc) is 2.86. The molecule has 0 atom stereocenters. The first-order valence-electron chi connectivity index (χ1n) is 6.72. The summed E-state index contributed by atoms with van der Waals surface area (Å²) in [5.41, 5.74) is 7.91. The molecule has 0 saturated carbocycles. The molecule has 0 bridgehead atoms. The van der Waals surface area contributed by atoms with Crippen molar-refractivity contribution in [2.45, 2.75) is 26.7 Å². The van der Waals surface area contributed by atoms with Gasteiger partial charge >= 0.3 is 0 Å². The Morgan fingerprint density at radius 2 is 1.89 bits per heavy atom. The van der Waals surface area contributed by atoms with Crippen LogP contribution in [0.25, 0.3) is 11.1 Å². The fourth-order valence-electron chi connectivity index (χ4n) is 2.70. The molecule has 1 N–H and O–H groups in total. The molecule has 1 aliphatic heterocycles. The maximum atomic E-state index is 5.48. The third-order valence-electron chi connectivity index (χ3n) is 3.70. The normalized spacial score (nSPS) is 13.6. The molecule has 1 aliphatic rings. The second-order valence-corrected chi connectivity index (χ2v) is 5.16. The molecule has 0 amide bonds. The fraction of sp³-hybridized carbons (Fsp3) is 0.294. The lowest BCUT2D eigenvalue weighted by atomic mass is 9.96. The minimum atomic E-state index is 0.750. The molecule has 2 nitrogen and oxygen atoms in total. The number of hydrogen-bond donors (Lipinski definition) is 1. The van der Waals surface area contributed by atoms with Crippen molar-refractivity contribution in [2.75, 3.05) is 7.05 Å². The van der Waals surface area contributed by atoms with Crippen LogP contribution >= 0.6 is 0 Å². The fourth-order valence-corrected chi connectivity index (χ4v) is 2.70. The van der Waals surface area contributed by atoms with Crippen LogP contribution in [0.4, 0.5) is 0 Å². The molecular weight excluding hydrogens is 234 g/mol. The van der Waals surface area contributed by atoms with Crippen LogP contribution < -0.4 is 5.32 Å². The number of aryl methyl sites for hydroxylation is 1. The lowest BCUT2D eigenvalue weighted by Crippen LogP contribution is -2.05. The Balaban J connectivity index is 1.97. The lowest BCUT2D eigenvalue weighted by Gasteiger charge is -2.10. The quantitative estimate of drug-likeness (QED) is 0.905. The van der Waals surface area contributed by atoms with Crippen LogP contribution in [-0.2, 0) is 24.5 Å². The van der Waals surface area contributed by atoms with Gasteiger partial charge < -0.3 is 10.1 Å². The van der Waals surface area contributed by atoms with Gasteiger partial charge in [0.1, 0.15) is 0 Å². The monoisotopic (exact) mass is 253 g/mol. The lowest BCUT2D eigenvalue weighted by molar-refractivity contribution is 0.134. The van der Waals surface area contributed by atoms with E-state index in [1.54, 1.807) is 0 Å². The summed E-state index contributed by atoms with van der Waals surface area (Å²) in [7, 11) is 1.98. The topological polar surface area (TPSA) is 21.3 Å². The molecule has 0 fully saturated rings. The molecule has 2 aromatic carbocycles. The first-order valence-corrected chi connectivity index (χ1v) is 6.72. The van der Waals surface area contributed by atoms with Crippen LogP contribution in [0.3, 0.4) is 0 Å². The van der Waals surface area contributed by atoms with Crippen molar-refractivity contribution in [2.24, 2.45) is 0 Å². The SMILES string of the molecule is CNCc1ccc(-c2ccc3c(c2)COC3)c(C)c1. The predicted octanol–water partition coefficient (Wildman–Crippen LogP) is 3.41. The Morgan fingerprint density at radius 1 is 1.05 bits per heavy atom. The molecule has 0 saturated heterocycles. The molecule has 0 radical (unpaired) electrons. The van der Waals surface area contributed by atoms with E-state index in [2.05, 4.69) is 48.6 Å². The summed E-state index contributed by atoms with van der Waals surface area (Å²) in [6, 6.07) is 13.3. The Hall–Kier alpha value is -1.64. The van der Waals surface area contributed by atoms with Crippen molar-refractivity contribution in [1.29, 1.82) is 0 Å². The maximum absolute atomic E-state index is 5.48. The van der Waals surface area contributed by atoms with Gasteiger partial charge in [-0.1, -0.05) is 30.3 Å². The standard InChI is InChI=1S/C17H19NO/c1-12-7-13(9-18-2)3-6-17(12)14-4-5-15-10-19-11-16(15)8-14/h3-8,18H,9-11H2,1-2H3. The van der Waals surface area contributed by atoms with Crippen molar-refractivity contribution in [3.63, 3.8) is 0 Å². The van der Waals surface area contributed by atoms with Crippen molar-refractivity contribution < 1.29 is 4.74 Å².